The number of H-pyrrole nitrogens is 1. The van der Waals surface area contributed by atoms with Crippen molar-refractivity contribution >= 4 is 5.95 Å². The van der Waals surface area contributed by atoms with Crippen LogP contribution in [0.1, 0.15) is 18.5 Å². The topological polar surface area (TPSA) is 120 Å². The summed E-state index contributed by atoms with van der Waals surface area (Å²) < 4.78 is 25.1. The lowest BCUT2D eigenvalue weighted by molar-refractivity contribution is -0.213. The molecular formula is C24H30FN7O3. The fraction of sp³-hybridized carbons (Fsp3) is 0.458. The Morgan fingerprint density at radius 1 is 1.14 bits per heavy atom. The average Bonchev–Trinajstić information content (AvgIpc) is 3.58. The normalized spacial score (nSPS) is 20.9. The van der Waals surface area contributed by atoms with Gasteiger partial charge in [-0.05, 0) is 36.8 Å². The van der Waals surface area contributed by atoms with Crippen molar-refractivity contribution in [3.63, 3.8) is 0 Å². The van der Waals surface area contributed by atoms with E-state index in [0.717, 1.165) is 44.8 Å². The minimum Gasteiger partial charge on any atom is -0.396 e. The zero-order valence-corrected chi connectivity index (χ0v) is 19.4. The lowest BCUT2D eigenvalue weighted by atomic mass is 10.1. The predicted octanol–water partition coefficient (Wildman–Crippen LogP) is 1.99. The first-order valence-corrected chi connectivity index (χ1v) is 11.9. The van der Waals surface area contributed by atoms with E-state index < -0.39 is 6.29 Å². The number of aromatic amines is 1. The van der Waals surface area contributed by atoms with Gasteiger partial charge in [0.15, 0.2) is 5.82 Å². The van der Waals surface area contributed by atoms with Crippen LogP contribution in [0.15, 0.2) is 36.5 Å². The van der Waals surface area contributed by atoms with Crippen molar-refractivity contribution in [3.05, 3.63) is 48.2 Å². The van der Waals surface area contributed by atoms with Crippen LogP contribution in [0, 0.1) is 11.7 Å². The van der Waals surface area contributed by atoms with Crippen molar-refractivity contribution in [2.24, 2.45) is 5.92 Å². The van der Waals surface area contributed by atoms with Gasteiger partial charge in [0.1, 0.15) is 5.82 Å². The number of imidazole rings is 1. The van der Waals surface area contributed by atoms with Gasteiger partial charge < -0.3 is 30.2 Å². The second-order valence-corrected chi connectivity index (χ2v) is 8.72. The van der Waals surface area contributed by atoms with Gasteiger partial charge in [-0.25, -0.2) is 19.3 Å². The van der Waals surface area contributed by atoms with Crippen LogP contribution in [0.25, 0.3) is 22.6 Å². The van der Waals surface area contributed by atoms with Crippen molar-refractivity contribution in [2.45, 2.75) is 12.7 Å². The highest BCUT2D eigenvalue weighted by atomic mass is 19.1. The summed E-state index contributed by atoms with van der Waals surface area (Å²) in [6, 6.07) is 7.95. The van der Waals surface area contributed by atoms with Gasteiger partial charge in [-0.15, -0.1) is 0 Å². The summed E-state index contributed by atoms with van der Waals surface area (Å²) in [5.74, 6) is 0.634. The molecule has 0 amide bonds. The largest absolute Gasteiger partial charge is 0.396 e. The van der Waals surface area contributed by atoms with E-state index in [2.05, 4.69) is 25.5 Å². The van der Waals surface area contributed by atoms with Gasteiger partial charge in [-0.1, -0.05) is 0 Å². The molecule has 2 aliphatic rings. The summed E-state index contributed by atoms with van der Waals surface area (Å²) >= 11 is 0. The molecule has 2 aromatic heterocycles. The van der Waals surface area contributed by atoms with E-state index >= 15 is 0 Å². The first-order valence-electron chi connectivity index (χ1n) is 11.9. The predicted molar refractivity (Wildman–Crippen MR) is 128 cm³/mol. The van der Waals surface area contributed by atoms with Crippen LogP contribution < -0.4 is 10.6 Å². The maximum atomic E-state index is 13.6. The summed E-state index contributed by atoms with van der Waals surface area (Å²) in [4.78, 5) is 19.4. The van der Waals surface area contributed by atoms with Crippen molar-refractivity contribution in [1.82, 2.24) is 30.2 Å². The van der Waals surface area contributed by atoms with Gasteiger partial charge in [0, 0.05) is 50.5 Å². The highest BCUT2D eigenvalue weighted by molar-refractivity contribution is 5.77. The number of benzene rings is 1. The third kappa shape index (κ3) is 5.82. The summed E-state index contributed by atoms with van der Waals surface area (Å²) in [6.07, 6.45) is 1.99. The number of hydrogen-bond acceptors (Lipinski definition) is 9. The quantitative estimate of drug-likeness (QED) is 0.339. The molecule has 11 heteroatoms. The van der Waals surface area contributed by atoms with Crippen LogP contribution in [0.3, 0.4) is 0 Å². The van der Waals surface area contributed by atoms with E-state index in [-0.39, 0.29) is 18.3 Å². The molecule has 0 saturated carbocycles. The zero-order valence-electron chi connectivity index (χ0n) is 19.4. The molecule has 186 valence electrons. The van der Waals surface area contributed by atoms with Crippen LogP contribution in [0.4, 0.5) is 10.3 Å². The molecule has 2 aliphatic heterocycles. The summed E-state index contributed by atoms with van der Waals surface area (Å²) in [6.45, 7) is 5.58. The van der Waals surface area contributed by atoms with Crippen molar-refractivity contribution in [3.8, 4) is 22.6 Å². The molecular weight excluding hydrogens is 453 g/mol. The number of nitrogens with zero attached hydrogens (tertiary/aromatic N) is 4. The second kappa shape index (κ2) is 11.2. The van der Waals surface area contributed by atoms with Crippen molar-refractivity contribution in [1.29, 1.82) is 0 Å². The van der Waals surface area contributed by atoms with Gasteiger partial charge >= 0.3 is 0 Å². The van der Waals surface area contributed by atoms with Gasteiger partial charge in [0.05, 0.1) is 36.9 Å². The highest BCUT2D eigenvalue weighted by Crippen LogP contribution is 2.33. The number of rotatable bonds is 9. The Morgan fingerprint density at radius 2 is 1.97 bits per heavy atom. The fourth-order valence-corrected chi connectivity index (χ4v) is 4.14. The summed E-state index contributed by atoms with van der Waals surface area (Å²) in [7, 11) is 0. The molecule has 5 rings (SSSR count). The Kier molecular flexibility index (Phi) is 7.60. The molecule has 0 radical (unpaired) electrons. The Labute approximate surface area is 202 Å². The third-order valence-electron chi connectivity index (χ3n) is 6.07. The van der Waals surface area contributed by atoms with Crippen molar-refractivity contribution in [2.75, 3.05) is 58.0 Å². The van der Waals surface area contributed by atoms with E-state index in [4.69, 9.17) is 19.4 Å². The van der Waals surface area contributed by atoms with E-state index in [0.29, 0.717) is 42.1 Å². The summed E-state index contributed by atoms with van der Waals surface area (Å²) in [5, 5.41) is 16.0. The number of anilines is 1. The molecule has 0 bridgehead atoms. The Balaban J connectivity index is 1.36. The maximum absolute atomic E-state index is 13.6. The number of ether oxygens (including phenoxy) is 2. The molecule has 35 heavy (non-hydrogen) atoms. The number of aliphatic hydroxyl groups is 1. The lowest BCUT2D eigenvalue weighted by Gasteiger charge is -2.26. The maximum Gasteiger partial charge on any atom is 0.223 e. The van der Waals surface area contributed by atoms with E-state index in [1.807, 2.05) is 0 Å². The van der Waals surface area contributed by atoms with Crippen LogP contribution >= 0.6 is 0 Å². The lowest BCUT2D eigenvalue weighted by Crippen LogP contribution is -2.29. The average molecular weight is 484 g/mol. The molecule has 0 spiro atoms. The fourth-order valence-electron chi connectivity index (χ4n) is 4.14. The highest BCUT2D eigenvalue weighted by Gasteiger charge is 2.27. The van der Waals surface area contributed by atoms with Crippen molar-refractivity contribution < 1.29 is 19.0 Å². The first-order chi connectivity index (χ1) is 17.2. The van der Waals surface area contributed by atoms with Crippen LogP contribution in [0.2, 0.25) is 0 Å². The number of nitrogens with one attached hydrogen (secondary N) is 3. The molecule has 0 unspecified atom stereocenters. The molecule has 0 aliphatic carbocycles. The third-order valence-corrected chi connectivity index (χ3v) is 6.07. The van der Waals surface area contributed by atoms with Gasteiger partial charge in [0.2, 0.25) is 12.2 Å². The van der Waals surface area contributed by atoms with E-state index in [1.165, 1.54) is 12.1 Å². The first kappa shape index (κ1) is 23.8. The molecule has 3 aromatic rings. The molecule has 4 N–H and O–H groups in total. The minimum atomic E-state index is -0.690. The van der Waals surface area contributed by atoms with Gasteiger partial charge in [-0.3, -0.25) is 4.90 Å². The van der Waals surface area contributed by atoms with Crippen LogP contribution in [0.5, 0.6) is 0 Å². The Morgan fingerprint density at radius 3 is 2.71 bits per heavy atom. The van der Waals surface area contributed by atoms with Gasteiger partial charge in [0.25, 0.3) is 0 Å². The van der Waals surface area contributed by atoms with E-state index in [9.17, 15) is 9.50 Å². The minimum absolute atomic E-state index is 0.00257. The number of halogens is 1. The zero-order chi connectivity index (χ0) is 24.0. The van der Waals surface area contributed by atoms with E-state index in [1.54, 1.807) is 24.4 Å². The number of hydrogen-bond donors (Lipinski definition) is 4. The monoisotopic (exact) mass is 483 g/mol. The standard InChI is InChI=1S/C24H30FN7O3/c25-18-4-2-17(3-5-18)20-21(31-22(30-20)23-34-13-16(12-33)14-35-23)19-6-8-28-24(29-19)27-7-1-10-32-11-9-26-15-32/h2-6,8,16,23,26,33H,1,7,9-15H2,(H,30,31)(H,27,28,29). The molecule has 1 aromatic carbocycles. The molecule has 2 saturated heterocycles. The molecule has 2 fully saturated rings. The number of aliphatic hydroxyl groups excluding tert-OH is 1. The molecule has 0 atom stereocenters. The second-order valence-electron chi connectivity index (χ2n) is 8.72. The number of aromatic nitrogens is 4. The summed E-state index contributed by atoms with van der Waals surface area (Å²) in [5.41, 5.74) is 2.66. The Bertz CT molecular complexity index is 1100. The SMILES string of the molecule is OCC1COC(c2nc(-c3ccc(F)cc3)c(-c3ccnc(NCCCN4CCNC4)n3)[nH]2)OC1. The molecule has 4 heterocycles. The van der Waals surface area contributed by atoms with Gasteiger partial charge in [-0.2, -0.15) is 0 Å². The van der Waals surface area contributed by atoms with Crippen LogP contribution in [-0.4, -0.2) is 82.6 Å². The molecule has 10 nitrogen and oxygen atoms in total. The van der Waals surface area contributed by atoms with Crippen LogP contribution in [-0.2, 0) is 9.47 Å². The smallest absolute Gasteiger partial charge is 0.223 e. The Hall–Kier alpha value is -2.96.